The second kappa shape index (κ2) is 7.83. The minimum atomic E-state index is -0.292. The fourth-order valence-electron chi connectivity index (χ4n) is 2.24. The molecule has 3 rings (SSSR count). The lowest BCUT2D eigenvalue weighted by molar-refractivity contribution is 0.102. The lowest BCUT2D eigenvalue weighted by atomic mass is 10.1. The van der Waals surface area contributed by atoms with Gasteiger partial charge in [-0.1, -0.05) is 12.1 Å². The zero-order valence-corrected chi connectivity index (χ0v) is 16.6. The molecular formula is C18H15IN2O3S. The summed E-state index contributed by atoms with van der Waals surface area (Å²) in [5.41, 5.74) is 2.23. The summed E-state index contributed by atoms with van der Waals surface area (Å²) in [6.45, 7) is 0. The normalized spacial score (nSPS) is 10.4. The van der Waals surface area contributed by atoms with E-state index in [9.17, 15) is 4.79 Å². The van der Waals surface area contributed by atoms with Crippen molar-refractivity contribution in [2.45, 2.75) is 0 Å². The number of nitrogens with zero attached hydrogens (tertiary/aromatic N) is 1. The summed E-state index contributed by atoms with van der Waals surface area (Å²) in [5.74, 6) is 0.775. The highest BCUT2D eigenvalue weighted by Crippen LogP contribution is 2.28. The molecule has 0 bridgehead atoms. The monoisotopic (exact) mass is 466 g/mol. The number of nitrogens with one attached hydrogen (secondary N) is 1. The van der Waals surface area contributed by atoms with Gasteiger partial charge in [0.1, 0.15) is 11.5 Å². The van der Waals surface area contributed by atoms with Gasteiger partial charge in [-0.15, -0.1) is 11.3 Å². The molecule has 0 atom stereocenters. The highest BCUT2D eigenvalue weighted by atomic mass is 127. The maximum Gasteiger partial charge on any atom is 0.261 e. The number of carbonyl (C=O) groups is 1. The second-order valence-electron chi connectivity index (χ2n) is 5.07. The first-order valence-electron chi connectivity index (χ1n) is 7.35. The Labute approximate surface area is 163 Å². The minimum Gasteiger partial charge on any atom is -0.497 e. The number of amides is 1. The summed E-state index contributed by atoms with van der Waals surface area (Å²) in [5, 5.41) is 5.27. The number of anilines is 1. The van der Waals surface area contributed by atoms with Crippen molar-refractivity contribution in [2.24, 2.45) is 0 Å². The van der Waals surface area contributed by atoms with Crippen LogP contribution in [0.25, 0.3) is 11.3 Å². The van der Waals surface area contributed by atoms with Crippen molar-refractivity contribution in [3.05, 3.63) is 57.0 Å². The third-order valence-corrected chi connectivity index (χ3v) is 4.99. The zero-order valence-electron chi connectivity index (χ0n) is 13.6. The molecule has 0 radical (unpaired) electrons. The number of methoxy groups -OCH3 is 2. The predicted octanol–water partition coefficient (Wildman–Crippen LogP) is 4.68. The summed E-state index contributed by atoms with van der Waals surface area (Å²) < 4.78 is 11.6. The maximum atomic E-state index is 12.6. The summed E-state index contributed by atoms with van der Waals surface area (Å²) in [7, 11) is 3.08. The van der Waals surface area contributed by atoms with Crippen LogP contribution >= 0.6 is 33.9 Å². The van der Waals surface area contributed by atoms with E-state index in [0.29, 0.717) is 22.2 Å². The molecule has 0 saturated heterocycles. The Morgan fingerprint density at radius 2 is 1.88 bits per heavy atom. The standard InChI is InChI=1S/C18H15IN2O3S/c1-23-13-7-8-16(24-2)14(9-13)17(22)21-18-20-15(10-25-18)11-3-5-12(19)6-4-11/h3-10H,1-2H3,(H,20,21,22). The first kappa shape index (κ1) is 17.7. The van der Waals surface area contributed by atoms with E-state index in [1.807, 2.05) is 29.6 Å². The van der Waals surface area contributed by atoms with Crippen molar-refractivity contribution >= 4 is 45.0 Å². The Morgan fingerprint density at radius 3 is 2.56 bits per heavy atom. The van der Waals surface area contributed by atoms with E-state index < -0.39 is 0 Å². The largest absolute Gasteiger partial charge is 0.497 e. The molecule has 0 spiro atoms. The van der Waals surface area contributed by atoms with Gasteiger partial charge in [0.15, 0.2) is 5.13 Å². The minimum absolute atomic E-state index is 0.292. The van der Waals surface area contributed by atoms with Crippen molar-refractivity contribution in [1.82, 2.24) is 4.98 Å². The van der Waals surface area contributed by atoms with Gasteiger partial charge in [-0.2, -0.15) is 0 Å². The van der Waals surface area contributed by atoms with Gasteiger partial charge >= 0.3 is 0 Å². The lowest BCUT2D eigenvalue weighted by Gasteiger charge is -2.09. The summed E-state index contributed by atoms with van der Waals surface area (Å²) in [4.78, 5) is 17.1. The van der Waals surface area contributed by atoms with Gasteiger partial charge in [-0.05, 0) is 52.9 Å². The molecule has 1 N–H and O–H groups in total. The second-order valence-corrected chi connectivity index (χ2v) is 7.17. The number of carbonyl (C=O) groups excluding carboxylic acids is 1. The maximum absolute atomic E-state index is 12.6. The number of hydrogen-bond acceptors (Lipinski definition) is 5. The molecule has 5 nitrogen and oxygen atoms in total. The number of hydrogen-bond donors (Lipinski definition) is 1. The Kier molecular flexibility index (Phi) is 5.54. The third-order valence-electron chi connectivity index (χ3n) is 3.52. The van der Waals surface area contributed by atoms with E-state index >= 15 is 0 Å². The fourth-order valence-corrected chi connectivity index (χ4v) is 3.31. The number of rotatable bonds is 5. The van der Waals surface area contributed by atoms with Gasteiger partial charge in [0.05, 0.1) is 25.5 Å². The molecule has 3 aromatic rings. The van der Waals surface area contributed by atoms with Gasteiger partial charge in [-0.3, -0.25) is 10.1 Å². The highest BCUT2D eigenvalue weighted by Gasteiger charge is 2.15. The topological polar surface area (TPSA) is 60.5 Å². The molecule has 1 aromatic heterocycles. The van der Waals surface area contributed by atoms with E-state index in [0.717, 1.165) is 14.8 Å². The van der Waals surface area contributed by atoms with Crippen LogP contribution in [0.4, 0.5) is 5.13 Å². The molecule has 128 valence electrons. The average molecular weight is 466 g/mol. The molecule has 7 heteroatoms. The zero-order chi connectivity index (χ0) is 17.8. The molecule has 0 unspecified atom stereocenters. The van der Waals surface area contributed by atoms with E-state index in [2.05, 4.69) is 32.9 Å². The van der Waals surface area contributed by atoms with Crippen LogP contribution in [0.1, 0.15) is 10.4 Å². The quantitative estimate of drug-likeness (QED) is 0.555. The summed E-state index contributed by atoms with van der Waals surface area (Å²) >= 11 is 3.64. The Balaban J connectivity index is 1.81. The van der Waals surface area contributed by atoms with Gasteiger partial charge in [0.25, 0.3) is 5.91 Å². The van der Waals surface area contributed by atoms with Crippen LogP contribution in [0.5, 0.6) is 11.5 Å². The van der Waals surface area contributed by atoms with E-state index in [1.165, 1.54) is 18.4 Å². The molecule has 0 saturated carbocycles. The first-order valence-corrected chi connectivity index (χ1v) is 9.31. The van der Waals surface area contributed by atoms with Crippen molar-refractivity contribution in [2.75, 3.05) is 19.5 Å². The smallest absolute Gasteiger partial charge is 0.261 e. The Hall–Kier alpha value is -2.13. The highest BCUT2D eigenvalue weighted by molar-refractivity contribution is 14.1. The van der Waals surface area contributed by atoms with Crippen molar-refractivity contribution in [3.8, 4) is 22.8 Å². The fraction of sp³-hybridized carbons (Fsp3) is 0.111. The molecule has 2 aromatic carbocycles. The molecule has 0 aliphatic heterocycles. The molecule has 25 heavy (non-hydrogen) atoms. The van der Waals surface area contributed by atoms with Gasteiger partial charge in [-0.25, -0.2) is 4.98 Å². The van der Waals surface area contributed by atoms with Crippen molar-refractivity contribution < 1.29 is 14.3 Å². The van der Waals surface area contributed by atoms with E-state index in [-0.39, 0.29) is 5.91 Å². The molecule has 0 fully saturated rings. The van der Waals surface area contributed by atoms with Crippen LogP contribution in [0.2, 0.25) is 0 Å². The van der Waals surface area contributed by atoms with Crippen molar-refractivity contribution in [1.29, 1.82) is 0 Å². The number of halogens is 1. The van der Waals surface area contributed by atoms with Gasteiger partial charge < -0.3 is 9.47 Å². The third kappa shape index (κ3) is 4.10. The van der Waals surface area contributed by atoms with Crippen LogP contribution in [-0.4, -0.2) is 25.1 Å². The Bertz CT molecular complexity index is 894. The SMILES string of the molecule is COc1ccc(OC)c(C(=O)Nc2nc(-c3ccc(I)cc3)cs2)c1. The molecule has 1 amide bonds. The van der Waals surface area contributed by atoms with E-state index in [1.54, 1.807) is 25.3 Å². The number of ether oxygens (including phenoxy) is 2. The van der Waals surface area contributed by atoms with Crippen molar-refractivity contribution in [3.63, 3.8) is 0 Å². The van der Waals surface area contributed by atoms with Crippen LogP contribution in [0.3, 0.4) is 0 Å². The lowest BCUT2D eigenvalue weighted by Crippen LogP contribution is -2.13. The van der Waals surface area contributed by atoms with Crippen LogP contribution in [0, 0.1) is 3.57 Å². The van der Waals surface area contributed by atoms with Crippen LogP contribution < -0.4 is 14.8 Å². The number of thiazole rings is 1. The van der Waals surface area contributed by atoms with Crippen LogP contribution in [0.15, 0.2) is 47.8 Å². The van der Waals surface area contributed by atoms with E-state index in [4.69, 9.17) is 9.47 Å². The summed E-state index contributed by atoms with van der Waals surface area (Å²) in [6.07, 6.45) is 0. The summed E-state index contributed by atoms with van der Waals surface area (Å²) in [6, 6.07) is 13.1. The van der Waals surface area contributed by atoms with Gasteiger partial charge in [0, 0.05) is 14.5 Å². The first-order chi connectivity index (χ1) is 12.1. The van der Waals surface area contributed by atoms with Gasteiger partial charge in [0.2, 0.25) is 0 Å². The molecule has 0 aliphatic rings. The van der Waals surface area contributed by atoms with Crippen LogP contribution in [-0.2, 0) is 0 Å². The predicted molar refractivity (Wildman–Crippen MR) is 108 cm³/mol. The average Bonchev–Trinajstić information content (AvgIpc) is 3.10. The Morgan fingerprint density at radius 1 is 1.12 bits per heavy atom. The molecule has 1 heterocycles. The molecular weight excluding hydrogens is 451 g/mol. The number of benzene rings is 2. The molecule has 0 aliphatic carbocycles. The number of aromatic nitrogens is 1.